The monoisotopic (exact) mass is 497 g/mol. The van der Waals surface area contributed by atoms with E-state index in [0.29, 0.717) is 30.3 Å². The molecular formula is C25H28ClN5O2S. The van der Waals surface area contributed by atoms with Gasteiger partial charge in [0.05, 0.1) is 17.6 Å². The van der Waals surface area contributed by atoms with Crippen LogP contribution in [0.1, 0.15) is 40.1 Å². The van der Waals surface area contributed by atoms with Crippen LogP contribution in [0.2, 0.25) is 5.02 Å². The molecule has 7 nitrogen and oxygen atoms in total. The lowest BCUT2D eigenvalue weighted by Gasteiger charge is -2.14. The summed E-state index contributed by atoms with van der Waals surface area (Å²) in [6.07, 6.45) is 2.50. The summed E-state index contributed by atoms with van der Waals surface area (Å²) in [5.41, 5.74) is 15.2. The minimum atomic E-state index is -0.513. The van der Waals surface area contributed by atoms with Crippen LogP contribution in [0.3, 0.4) is 0 Å². The van der Waals surface area contributed by atoms with Crippen LogP contribution in [-0.2, 0) is 6.54 Å². The van der Waals surface area contributed by atoms with E-state index in [9.17, 15) is 4.79 Å². The fourth-order valence-electron chi connectivity index (χ4n) is 3.81. The van der Waals surface area contributed by atoms with Gasteiger partial charge in [0.25, 0.3) is 5.91 Å². The lowest BCUT2D eigenvalue weighted by atomic mass is 9.98. The van der Waals surface area contributed by atoms with Gasteiger partial charge in [0.2, 0.25) is 0 Å². The molecule has 2 aromatic heterocycles. The first-order chi connectivity index (χ1) is 16.5. The van der Waals surface area contributed by atoms with Crippen LogP contribution in [0.4, 0.5) is 0 Å². The van der Waals surface area contributed by atoms with Crippen molar-refractivity contribution in [3.05, 3.63) is 75.9 Å². The molecule has 4 rings (SSSR count). The largest absolute Gasteiger partial charge is 0.492 e. The van der Waals surface area contributed by atoms with Crippen LogP contribution in [0.25, 0.3) is 16.0 Å². The average molecular weight is 498 g/mol. The summed E-state index contributed by atoms with van der Waals surface area (Å²) in [6.45, 7) is 4.60. The van der Waals surface area contributed by atoms with Gasteiger partial charge < -0.3 is 21.5 Å². The summed E-state index contributed by atoms with van der Waals surface area (Å²) >= 11 is 7.61. The van der Waals surface area contributed by atoms with Gasteiger partial charge >= 0.3 is 0 Å². The van der Waals surface area contributed by atoms with E-state index < -0.39 is 5.91 Å². The molecular weight excluding hydrogens is 470 g/mol. The number of thiophene rings is 1. The third kappa shape index (κ3) is 5.42. The second-order valence-electron chi connectivity index (χ2n) is 8.11. The number of imidazole rings is 1. The number of hydrogen-bond acceptors (Lipinski definition) is 6. The van der Waals surface area contributed by atoms with Gasteiger partial charge in [-0.1, -0.05) is 42.8 Å². The summed E-state index contributed by atoms with van der Waals surface area (Å²) in [4.78, 5) is 17.0. The number of nitrogens with zero attached hydrogens (tertiary/aromatic N) is 2. The van der Waals surface area contributed by atoms with E-state index in [1.54, 1.807) is 6.33 Å². The fourth-order valence-corrected chi connectivity index (χ4v) is 5.07. The number of primary amides is 1. The van der Waals surface area contributed by atoms with Crippen LogP contribution in [0.5, 0.6) is 5.75 Å². The minimum Gasteiger partial charge on any atom is -0.492 e. The van der Waals surface area contributed by atoms with Crippen molar-refractivity contribution in [3.8, 4) is 10.8 Å². The molecule has 0 saturated carbocycles. The van der Waals surface area contributed by atoms with Crippen LogP contribution >= 0.6 is 22.9 Å². The van der Waals surface area contributed by atoms with Gasteiger partial charge in [-0.3, -0.25) is 9.36 Å². The second kappa shape index (κ2) is 11.0. The van der Waals surface area contributed by atoms with Gasteiger partial charge in [0, 0.05) is 30.7 Å². The number of ether oxygens (including phenoxy) is 1. The Morgan fingerprint density at radius 3 is 2.85 bits per heavy atom. The maximum Gasteiger partial charge on any atom is 0.262 e. The Hall–Kier alpha value is -2.91. The standard InChI is InChI=1S/C25H28ClN5O2S/c1-16(18-4-2-3-5-19(18)26)8-11-33-22-13-23(34-24(22)25(28)32)31-15-30-20-7-6-17(12-21(20)31)14-29-10-9-27/h2-7,12-13,15-16,29H,8-11,14,27H2,1H3,(H2,28,32). The Balaban J connectivity index is 1.53. The Labute approximate surface area is 207 Å². The maximum atomic E-state index is 12.1. The predicted molar refractivity (Wildman–Crippen MR) is 138 cm³/mol. The van der Waals surface area contributed by atoms with Crippen molar-refractivity contribution in [2.75, 3.05) is 19.7 Å². The number of carbonyl (C=O) groups excluding carboxylic acids is 1. The fraction of sp³-hybridized carbons (Fsp3) is 0.280. The quantitative estimate of drug-likeness (QED) is 0.265. The molecule has 0 aliphatic carbocycles. The molecule has 0 aliphatic rings. The van der Waals surface area contributed by atoms with Gasteiger partial charge in [-0.2, -0.15) is 0 Å². The van der Waals surface area contributed by atoms with Crippen molar-refractivity contribution in [2.45, 2.75) is 25.8 Å². The second-order valence-corrected chi connectivity index (χ2v) is 9.54. The number of hydrogen-bond donors (Lipinski definition) is 3. The summed E-state index contributed by atoms with van der Waals surface area (Å²) in [5, 5.41) is 4.86. The summed E-state index contributed by atoms with van der Waals surface area (Å²) in [7, 11) is 0. The van der Waals surface area contributed by atoms with Crippen molar-refractivity contribution >= 4 is 39.9 Å². The third-order valence-corrected chi connectivity index (χ3v) is 7.13. The lowest BCUT2D eigenvalue weighted by molar-refractivity contribution is 0.100. The number of amides is 1. The Kier molecular flexibility index (Phi) is 7.84. The molecule has 1 atom stereocenters. The smallest absolute Gasteiger partial charge is 0.262 e. The van der Waals surface area contributed by atoms with Crippen molar-refractivity contribution in [1.82, 2.24) is 14.9 Å². The minimum absolute atomic E-state index is 0.215. The topological polar surface area (TPSA) is 108 Å². The number of aromatic nitrogens is 2. The van der Waals surface area contributed by atoms with Crippen molar-refractivity contribution in [2.24, 2.45) is 11.5 Å². The zero-order valence-corrected chi connectivity index (χ0v) is 20.5. The summed E-state index contributed by atoms with van der Waals surface area (Å²) < 4.78 is 7.98. The molecule has 178 valence electrons. The van der Waals surface area contributed by atoms with E-state index in [4.69, 9.17) is 27.8 Å². The lowest BCUT2D eigenvalue weighted by Crippen LogP contribution is -2.21. The number of benzene rings is 2. The zero-order valence-electron chi connectivity index (χ0n) is 19.0. The molecule has 4 aromatic rings. The van der Waals surface area contributed by atoms with E-state index in [-0.39, 0.29) is 5.92 Å². The summed E-state index contributed by atoms with van der Waals surface area (Å²) in [5.74, 6) is 0.190. The van der Waals surface area contributed by atoms with E-state index in [2.05, 4.69) is 23.3 Å². The van der Waals surface area contributed by atoms with Crippen LogP contribution in [0, 0.1) is 0 Å². The van der Waals surface area contributed by atoms with E-state index in [0.717, 1.165) is 45.1 Å². The van der Waals surface area contributed by atoms with Crippen molar-refractivity contribution < 1.29 is 9.53 Å². The molecule has 9 heteroatoms. The van der Waals surface area contributed by atoms with Gasteiger partial charge in [-0.15, -0.1) is 11.3 Å². The Morgan fingerprint density at radius 1 is 1.26 bits per heavy atom. The highest BCUT2D eigenvalue weighted by Gasteiger charge is 2.18. The van der Waals surface area contributed by atoms with Gasteiger partial charge in [-0.05, 0) is 41.7 Å². The highest BCUT2D eigenvalue weighted by atomic mass is 35.5. The van der Waals surface area contributed by atoms with E-state index in [1.807, 2.05) is 47.0 Å². The number of nitrogens with two attached hydrogens (primary N) is 2. The zero-order chi connectivity index (χ0) is 24.1. The van der Waals surface area contributed by atoms with Crippen LogP contribution < -0.4 is 21.5 Å². The van der Waals surface area contributed by atoms with Gasteiger partial charge in [-0.25, -0.2) is 4.98 Å². The van der Waals surface area contributed by atoms with E-state index in [1.165, 1.54) is 11.3 Å². The number of halogens is 1. The molecule has 0 saturated heterocycles. The molecule has 0 spiro atoms. The molecule has 0 radical (unpaired) electrons. The molecule has 2 aromatic carbocycles. The highest BCUT2D eigenvalue weighted by Crippen LogP contribution is 2.34. The maximum absolute atomic E-state index is 12.1. The molecule has 1 amide bonds. The first kappa shape index (κ1) is 24.2. The average Bonchev–Trinajstić information content (AvgIpc) is 3.43. The molecule has 2 heterocycles. The molecule has 34 heavy (non-hydrogen) atoms. The van der Waals surface area contributed by atoms with Crippen molar-refractivity contribution in [1.29, 1.82) is 0 Å². The molecule has 1 unspecified atom stereocenters. The highest BCUT2D eigenvalue weighted by molar-refractivity contribution is 7.16. The first-order valence-electron chi connectivity index (χ1n) is 11.2. The molecule has 5 N–H and O–H groups in total. The number of fused-ring (bicyclic) bond motifs is 1. The number of nitrogens with one attached hydrogen (secondary N) is 1. The molecule has 0 aliphatic heterocycles. The Morgan fingerprint density at radius 2 is 2.09 bits per heavy atom. The predicted octanol–water partition coefficient (Wildman–Crippen LogP) is 4.46. The van der Waals surface area contributed by atoms with E-state index >= 15 is 0 Å². The third-order valence-electron chi connectivity index (χ3n) is 5.65. The van der Waals surface area contributed by atoms with Crippen LogP contribution in [-0.4, -0.2) is 35.2 Å². The normalized spacial score (nSPS) is 12.2. The van der Waals surface area contributed by atoms with Crippen LogP contribution in [0.15, 0.2) is 54.9 Å². The van der Waals surface area contributed by atoms with Gasteiger partial charge in [0.15, 0.2) is 0 Å². The van der Waals surface area contributed by atoms with Crippen molar-refractivity contribution in [3.63, 3.8) is 0 Å². The number of carbonyl (C=O) groups is 1. The Bertz CT molecular complexity index is 1290. The SMILES string of the molecule is CC(CCOc1cc(-n2cnc3ccc(CNCCN)cc32)sc1C(N)=O)c1ccccc1Cl. The molecule has 0 fully saturated rings. The first-order valence-corrected chi connectivity index (χ1v) is 12.4. The number of rotatable bonds is 11. The molecule has 0 bridgehead atoms. The summed E-state index contributed by atoms with van der Waals surface area (Å²) in [6, 6.07) is 15.8. The van der Waals surface area contributed by atoms with Gasteiger partial charge in [0.1, 0.15) is 22.0 Å².